The Kier molecular flexibility index (Phi) is 5.15. The van der Waals surface area contributed by atoms with Crippen LogP contribution in [0.4, 0.5) is 0 Å². The SMILES string of the molecule is COC(=O)CC(=O)c1cc(Br)c(OC)cc1OC. The van der Waals surface area contributed by atoms with E-state index in [1.165, 1.54) is 21.3 Å². The van der Waals surface area contributed by atoms with E-state index in [4.69, 9.17) is 9.47 Å². The van der Waals surface area contributed by atoms with Crippen LogP contribution in [0.3, 0.4) is 0 Å². The highest BCUT2D eigenvalue weighted by Gasteiger charge is 2.19. The number of ketones is 1. The lowest BCUT2D eigenvalue weighted by Crippen LogP contribution is -2.11. The van der Waals surface area contributed by atoms with Gasteiger partial charge in [-0.25, -0.2) is 0 Å². The Bertz CT molecular complexity index is 470. The first kappa shape index (κ1) is 14.5. The van der Waals surface area contributed by atoms with Gasteiger partial charge in [0, 0.05) is 6.07 Å². The summed E-state index contributed by atoms with van der Waals surface area (Å²) in [5, 5.41) is 0. The van der Waals surface area contributed by atoms with Gasteiger partial charge in [-0.2, -0.15) is 0 Å². The maximum atomic E-state index is 11.9. The van der Waals surface area contributed by atoms with Crippen molar-refractivity contribution < 1.29 is 23.8 Å². The quantitative estimate of drug-likeness (QED) is 0.473. The summed E-state index contributed by atoms with van der Waals surface area (Å²) in [4.78, 5) is 23.0. The second-order valence-corrected chi connectivity index (χ2v) is 4.22. The minimum absolute atomic E-state index is 0.301. The molecule has 6 heteroatoms. The second kappa shape index (κ2) is 6.39. The first-order valence-electron chi connectivity index (χ1n) is 5.05. The second-order valence-electron chi connectivity index (χ2n) is 3.36. The molecule has 0 unspecified atom stereocenters. The van der Waals surface area contributed by atoms with Crippen LogP contribution in [0.5, 0.6) is 11.5 Å². The Balaban J connectivity index is 3.11. The standard InChI is InChI=1S/C12H13BrO5/c1-16-10-6-11(17-2)8(13)4-7(10)9(14)5-12(15)18-3/h4,6H,5H2,1-3H3. The largest absolute Gasteiger partial charge is 0.496 e. The number of Topliss-reactive ketones (excluding diaryl/α,β-unsaturated/α-hetero) is 1. The van der Waals surface area contributed by atoms with Gasteiger partial charge in [-0.05, 0) is 22.0 Å². The predicted octanol–water partition coefficient (Wildman–Crippen LogP) is 2.21. The summed E-state index contributed by atoms with van der Waals surface area (Å²) in [6.07, 6.45) is -0.328. The summed E-state index contributed by atoms with van der Waals surface area (Å²) < 4.78 is 15.3. The first-order valence-corrected chi connectivity index (χ1v) is 5.84. The molecule has 0 heterocycles. The number of halogens is 1. The number of hydrogen-bond donors (Lipinski definition) is 0. The normalized spacial score (nSPS) is 9.78. The van der Waals surface area contributed by atoms with Gasteiger partial charge in [-0.1, -0.05) is 0 Å². The van der Waals surface area contributed by atoms with Crippen LogP contribution in [-0.2, 0) is 9.53 Å². The number of methoxy groups -OCH3 is 3. The van der Waals surface area contributed by atoms with Crippen molar-refractivity contribution in [1.82, 2.24) is 0 Å². The van der Waals surface area contributed by atoms with Crippen LogP contribution in [-0.4, -0.2) is 33.1 Å². The van der Waals surface area contributed by atoms with Crippen molar-refractivity contribution in [1.29, 1.82) is 0 Å². The zero-order valence-corrected chi connectivity index (χ0v) is 11.9. The van der Waals surface area contributed by atoms with E-state index in [0.29, 0.717) is 21.5 Å². The minimum Gasteiger partial charge on any atom is -0.496 e. The molecule has 0 spiro atoms. The molecule has 0 atom stereocenters. The van der Waals surface area contributed by atoms with Gasteiger partial charge in [0.1, 0.15) is 17.9 Å². The fraction of sp³-hybridized carbons (Fsp3) is 0.333. The third kappa shape index (κ3) is 3.22. The number of rotatable bonds is 5. The molecule has 0 aliphatic rings. The lowest BCUT2D eigenvalue weighted by Gasteiger charge is -2.11. The van der Waals surface area contributed by atoms with Gasteiger partial charge in [0.2, 0.25) is 0 Å². The summed E-state index contributed by atoms with van der Waals surface area (Å²) in [7, 11) is 4.18. The van der Waals surface area contributed by atoms with Crippen LogP contribution in [0, 0.1) is 0 Å². The number of hydrogen-bond acceptors (Lipinski definition) is 5. The molecule has 0 aliphatic carbocycles. The molecule has 1 rings (SSSR count). The van der Waals surface area contributed by atoms with Gasteiger partial charge in [0.05, 0.1) is 31.4 Å². The number of benzene rings is 1. The molecule has 0 radical (unpaired) electrons. The van der Waals surface area contributed by atoms with Gasteiger partial charge < -0.3 is 14.2 Å². The lowest BCUT2D eigenvalue weighted by molar-refractivity contribution is -0.139. The van der Waals surface area contributed by atoms with Gasteiger partial charge in [-0.3, -0.25) is 9.59 Å². The van der Waals surface area contributed by atoms with Crippen LogP contribution in [0.2, 0.25) is 0 Å². The maximum Gasteiger partial charge on any atom is 0.313 e. The zero-order valence-electron chi connectivity index (χ0n) is 10.3. The van der Waals surface area contributed by atoms with Crippen LogP contribution >= 0.6 is 15.9 Å². The van der Waals surface area contributed by atoms with Crippen molar-refractivity contribution in [3.05, 3.63) is 22.2 Å². The Labute approximate surface area is 113 Å². The van der Waals surface area contributed by atoms with E-state index >= 15 is 0 Å². The average Bonchev–Trinajstić information content (AvgIpc) is 2.38. The molecule has 0 amide bonds. The summed E-state index contributed by atoms with van der Waals surface area (Å²) in [5.41, 5.74) is 0.301. The monoisotopic (exact) mass is 316 g/mol. The third-order valence-electron chi connectivity index (χ3n) is 2.31. The van der Waals surface area contributed by atoms with E-state index in [2.05, 4.69) is 20.7 Å². The molecule has 0 aromatic heterocycles. The van der Waals surface area contributed by atoms with Gasteiger partial charge in [-0.15, -0.1) is 0 Å². The van der Waals surface area contributed by atoms with E-state index < -0.39 is 5.97 Å². The van der Waals surface area contributed by atoms with Crippen molar-refractivity contribution in [2.24, 2.45) is 0 Å². The fourth-order valence-corrected chi connectivity index (χ4v) is 1.88. The van der Waals surface area contributed by atoms with Crippen molar-refractivity contribution in [2.45, 2.75) is 6.42 Å². The van der Waals surface area contributed by atoms with Crippen LogP contribution in [0.1, 0.15) is 16.8 Å². The van der Waals surface area contributed by atoms with Crippen molar-refractivity contribution in [3.63, 3.8) is 0 Å². The van der Waals surface area contributed by atoms with Crippen molar-refractivity contribution in [2.75, 3.05) is 21.3 Å². The fourth-order valence-electron chi connectivity index (χ4n) is 1.38. The van der Waals surface area contributed by atoms with E-state index in [0.717, 1.165) is 0 Å². The predicted molar refractivity (Wildman–Crippen MR) is 68.2 cm³/mol. The molecule has 0 aliphatic heterocycles. The number of ether oxygens (including phenoxy) is 3. The molecular weight excluding hydrogens is 304 g/mol. The molecule has 0 saturated carbocycles. The van der Waals surface area contributed by atoms with E-state index in [1.54, 1.807) is 12.1 Å². The molecule has 18 heavy (non-hydrogen) atoms. The lowest BCUT2D eigenvalue weighted by atomic mass is 10.1. The highest BCUT2D eigenvalue weighted by atomic mass is 79.9. The van der Waals surface area contributed by atoms with Crippen molar-refractivity contribution in [3.8, 4) is 11.5 Å². The Morgan fingerprint density at radius 1 is 1.11 bits per heavy atom. The average molecular weight is 317 g/mol. The Hall–Kier alpha value is -1.56. The topological polar surface area (TPSA) is 61.8 Å². The van der Waals surface area contributed by atoms with Gasteiger partial charge in [0.25, 0.3) is 0 Å². The van der Waals surface area contributed by atoms with E-state index in [9.17, 15) is 9.59 Å². The van der Waals surface area contributed by atoms with E-state index in [-0.39, 0.29) is 12.2 Å². The maximum absolute atomic E-state index is 11.9. The van der Waals surface area contributed by atoms with Crippen LogP contribution in [0.25, 0.3) is 0 Å². The molecule has 98 valence electrons. The molecule has 1 aromatic carbocycles. The molecular formula is C12H13BrO5. The van der Waals surface area contributed by atoms with Crippen LogP contribution < -0.4 is 9.47 Å². The van der Waals surface area contributed by atoms with E-state index in [1.807, 2.05) is 0 Å². The van der Waals surface area contributed by atoms with Gasteiger partial charge in [0.15, 0.2) is 5.78 Å². The highest BCUT2D eigenvalue weighted by molar-refractivity contribution is 9.10. The summed E-state index contributed by atoms with van der Waals surface area (Å²) in [5.74, 6) is -0.0681. The number of esters is 1. The molecule has 0 bridgehead atoms. The molecule has 0 fully saturated rings. The molecule has 1 aromatic rings. The summed E-state index contributed by atoms with van der Waals surface area (Å²) >= 11 is 3.27. The molecule has 0 N–H and O–H groups in total. The Morgan fingerprint density at radius 3 is 2.22 bits per heavy atom. The number of carbonyl (C=O) groups is 2. The molecule has 5 nitrogen and oxygen atoms in total. The third-order valence-corrected chi connectivity index (χ3v) is 2.93. The highest BCUT2D eigenvalue weighted by Crippen LogP contribution is 2.33. The summed E-state index contributed by atoms with van der Waals surface area (Å²) in [6.45, 7) is 0. The number of carbonyl (C=O) groups excluding carboxylic acids is 2. The Morgan fingerprint density at radius 2 is 1.72 bits per heavy atom. The molecule has 0 saturated heterocycles. The zero-order chi connectivity index (χ0) is 13.7. The summed E-state index contributed by atoms with van der Waals surface area (Å²) in [6, 6.07) is 3.14. The first-order chi connectivity index (χ1) is 8.53. The van der Waals surface area contributed by atoms with Crippen LogP contribution in [0.15, 0.2) is 16.6 Å². The smallest absolute Gasteiger partial charge is 0.313 e. The van der Waals surface area contributed by atoms with Crippen molar-refractivity contribution >= 4 is 27.7 Å². The van der Waals surface area contributed by atoms with Gasteiger partial charge >= 0.3 is 5.97 Å². The minimum atomic E-state index is -0.589.